The van der Waals surface area contributed by atoms with Crippen LogP contribution in [0.2, 0.25) is 0 Å². The summed E-state index contributed by atoms with van der Waals surface area (Å²) in [6.07, 6.45) is 0. The lowest BCUT2D eigenvalue weighted by atomic mass is 10.1. The summed E-state index contributed by atoms with van der Waals surface area (Å²) in [4.78, 5) is 16.3. The van der Waals surface area contributed by atoms with E-state index in [0.717, 1.165) is 31.9 Å². The Morgan fingerprint density at radius 3 is 2.71 bits per heavy atom. The highest BCUT2D eigenvalue weighted by Crippen LogP contribution is 2.28. The number of esters is 1. The Bertz CT molecular complexity index is 725. The van der Waals surface area contributed by atoms with E-state index in [2.05, 4.69) is 32.3 Å². The molecule has 0 amide bonds. The van der Waals surface area contributed by atoms with Crippen molar-refractivity contribution >= 4 is 11.7 Å². The van der Waals surface area contributed by atoms with Gasteiger partial charge in [0.2, 0.25) is 0 Å². The molecule has 2 heterocycles. The van der Waals surface area contributed by atoms with Crippen LogP contribution in [0.15, 0.2) is 18.2 Å². The predicted octanol–water partition coefficient (Wildman–Crippen LogP) is 1.54. The summed E-state index contributed by atoms with van der Waals surface area (Å²) in [7, 11) is 2.07. The maximum absolute atomic E-state index is 14.6. The van der Waals surface area contributed by atoms with Crippen LogP contribution in [0.5, 0.6) is 0 Å². The number of nitrogens with zero attached hydrogens (tertiary/aromatic N) is 4. The van der Waals surface area contributed by atoms with Crippen LogP contribution in [-0.2, 0) is 4.74 Å². The van der Waals surface area contributed by atoms with E-state index < -0.39 is 11.8 Å². The fourth-order valence-electron chi connectivity index (χ4n) is 2.72. The van der Waals surface area contributed by atoms with Gasteiger partial charge in [-0.25, -0.2) is 9.18 Å². The Labute approximate surface area is 139 Å². The van der Waals surface area contributed by atoms with Crippen LogP contribution in [0.3, 0.4) is 0 Å². The van der Waals surface area contributed by atoms with Crippen molar-refractivity contribution < 1.29 is 13.9 Å². The van der Waals surface area contributed by atoms with Gasteiger partial charge in [-0.3, -0.25) is 0 Å². The van der Waals surface area contributed by atoms with E-state index >= 15 is 0 Å². The van der Waals surface area contributed by atoms with Crippen molar-refractivity contribution in [3.63, 3.8) is 0 Å². The molecule has 0 radical (unpaired) electrons. The number of benzene rings is 1. The zero-order chi connectivity index (χ0) is 17.1. The summed E-state index contributed by atoms with van der Waals surface area (Å²) in [6.45, 7) is 5.51. The first-order valence-corrected chi connectivity index (χ1v) is 7.91. The van der Waals surface area contributed by atoms with Crippen molar-refractivity contribution in [3.05, 3.63) is 29.7 Å². The van der Waals surface area contributed by atoms with Crippen LogP contribution >= 0.6 is 0 Å². The Hall–Kier alpha value is -2.48. The van der Waals surface area contributed by atoms with Crippen LogP contribution in [0.4, 0.5) is 10.1 Å². The molecule has 0 aliphatic carbocycles. The average Bonchev–Trinajstić information content (AvgIpc) is 3.05. The third kappa shape index (κ3) is 3.23. The number of hydrogen-bond acceptors (Lipinski definition) is 6. The number of hydrogen-bond donors (Lipinski definition) is 1. The van der Waals surface area contributed by atoms with Gasteiger partial charge in [0.25, 0.3) is 0 Å². The van der Waals surface area contributed by atoms with Gasteiger partial charge >= 0.3 is 5.97 Å². The lowest BCUT2D eigenvalue weighted by molar-refractivity contribution is 0.0520. The minimum atomic E-state index is -0.621. The number of aromatic nitrogens is 3. The maximum atomic E-state index is 14.6. The number of likely N-dealkylation sites (N-methyl/N-ethyl adjacent to an activating group) is 1. The molecule has 1 aromatic carbocycles. The Balaban J connectivity index is 1.86. The number of ether oxygens (including phenoxy) is 1. The van der Waals surface area contributed by atoms with Crippen molar-refractivity contribution in [1.82, 2.24) is 20.3 Å². The van der Waals surface area contributed by atoms with Crippen molar-refractivity contribution in [2.75, 3.05) is 44.7 Å². The number of carbonyl (C=O) groups excluding carboxylic acids is 1. The predicted molar refractivity (Wildman–Crippen MR) is 87.4 cm³/mol. The second-order valence-electron chi connectivity index (χ2n) is 5.70. The van der Waals surface area contributed by atoms with Crippen LogP contribution < -0.4 is 4.90 Å². The summed E-state index contributed by atoms with van der Waals surface area (Å²) in [5.41, 5.74) is 1.20. The van der Waals surface area contributed by atoms with Crippen molar-refractivity contribution in [1.29, 1.82) is 0 Å². The molecule has 128 valence electrons. The highest BCUT2D eigenvalue weighted by Gasteiger charge is 2.22. The summed E-state index contributed by atoms with van der Waals surface area (Å²) in [5, 5.41) is 10.0. The van der Waals surface area contributed by atoms with Gasteiger partial charge in [-0.15, -0.1) is 5.10 Å². The molecule has 1 aromatic heterocycles. The van der Waals surface area contributed by atoms with E-state index in [9.17, 15) is 9.18 Å². The first-order valence-electron chi connectivity index (χ1n) is 7.91. The van der Waals surface area contributed by atoms with E-state index in [-0.39, 0.29) is 23.6 Å². The molecule has 1 saturated heterocycles. The number of aromatic amines is 1. The number of nitrogens with one attached hydrogen (secondary N) is 1. The zero-order valence-corrected chi connectivity index (χ0v) is 13.8. The van der Waals surface area contributed by atoms with Gasteiger partial charge in [0.05, 0.1) is 6.61 Å². The molecule has 24 heavy (non-hydrogen) atoms. The van der Waals surface area contributed by atoms with Crippen molar-refractivity contribution in [3.8, 4) is 11.3 Å². The molecule has 1 aliphatic rings. The molecular formula is C16H20FN5O2. The number of H-pyrrole nitrogens is 1. The van der Waals surface area contributed by atoms with Gasteiger partial charge in [-0.05, 0) is 32.2 Å². The standard InChI is InChI=1S/C16H20FN5O2/c1-3-24-16(23)15-14(18-20-19-15)12-5-4-11(10-13(12)17)22-8-6-21(2)7-9-22/h4-5,10H,3,6-9H2,1-2H3,(H,18,19,20). The molecule has 0 atom stereocenters. The fraction of sp³-hybridized carbons (Fsp3) is 0.438. The van der Waals surface area contributed by atoms with Gasteiger partial charge in [-0.2, -0.15) is 10.3 Å². The molecular weight excluding hydrogens is 313 g/mol. The van der Waals surface area contributed by atoms with E-state index in [0.29, 0.717) is 0 Å². The van der Waals surface area contributed by atoms with Gasteiger partial charge in [-0.1, -0.05) is 0 Å². The minimum Gasteiger partial charge on any atom is -0.461 e. The topological polar surface area (TPSA) is 74.3 Å². The molecule has 7 nitrogen and oxygen atoms in total. The molecule has 3 rings (SSSR count). The van der Waals surface area contributed by atoms with Crippen LogP contribution in [-0.4, -0.2) is 66.1 Å². The van der Waals surface area contributed by atoms with Gasteiger partial charge in [0.1, 0.15) is 11.5 Å². The number of anilines is 1. The number of carbonyl (C=O) groups is 1. The normalized spacial score (nSPS) is 15.5. The molecule has 1 N–H and O–H groups in total. The van der Waals surface area contributed by atoms with Gasteiger partial charge in [0.15, 0.2) is 5.69 Å². The summed E-state index contributed by atoms with van der Waals surface area (Å²) in [5.74, 6) is -1.06. The monoisotopic (exact) mass is 333 g/mol. The number of rotatable bonds is 4. The Morgan fingerprint density at radius 2 is 2.04 bits per heavy atom. The molecule has 0 bridgehead atoms. The molecule has 1 fully saturated rings. The Kier molecular flexibility index (Phi) is 4.75. The van der Waals surface area contributed by atoms with Gasteiger partial charge < -0.3 is 14.5 Å². The average molecular weight is 333 g/mol. The van der Waals surface area contributed by atoms with E-state index in [1.807, 2.05) is 6.07 Å². The molecule has 0 spiro atoms. The summed E-state index contributed by atoms with van der Waals surface area (Å²) < 4.78 is 19.5. The lowest BCUT2D eigenvalue weighted by Crippen LogP contribution is -2.44. The fourth-order valence-corrected chi connectivity index (χ4v) is 2.72. The third-order valence-corrected chi connectivity index (χ3v) is 4.09. The van der Waals surface area contributed by atoms with Crippen LogP contribution in [0.25, 0.3) is 11.3 Å². The number of halogens is 1. The summed E-state index contributed by atoms with van der Waals surface area (Å²) in [6, 6.07) is 4.95. The molecule has 0 saturated carbocycles. The summed E-state index contributed by atoms with van der Waals surface area (Å²) >= 11 is 0. The number of piperazine rings is 1. The van der Waals surface area contributed by atoms with Crippen molar-refractivity contribution in [2.45, 2.75) is 6.92 Å². The van der Waals surface area contributed by atoms with Gasteiger partial charge in [0, 0.05) is 37.4 Å². The zero-order valence-electron chi connectivity index (χ0n) is 13.8. The first kappa shape index (κ1) is 16.4. The van der Waals surface area contributed by atoms with Crippen molar-refractivity contribution in [2.24, 2.45) is 0 Å². The minimum absolute atomic E-state index is 0.0110. The highest BCUT2D eigenvalue weighted by atomic mass is 19.1. The lowest BCUT2D eigenvalue weighted by Gasteiger charge is -2.34. The molecule has 2 aromatic rings. The van der Waals surface area contributed by atoms with E-state index in [1.165, 1.54) is 6.07 Å². The largest absolute Gasteiger partial charge is 0.461 e. The highest BCUT2D eigenvalue weighted by molar-refractivity contribution is 5.94. The van der Waals surface area contributed by atoms with E-state index in [1.54, 1.807) is 13.0 Å². The SMILES string of the molecule is CCOC(=O)c1n[nH]nc1-c1ccc(N2CCN(C)CC2)cc1F. The van der Waals surface area contributed by atoms with Crippen LogP contribution in [0.1, 0.15) is 17.4 Å². The molecule has 1 aliphatic heterocycles. The Morgan fingerprint density at radius 1 is 1.29 bits per heavy atom. The smallest absolute Gasteiger partial charge is 0.361 e. The molecule has 8 heteroatoms. The third-order valence-electron chi connectivity index (χ3n) is 4.09. The van der Waals surface area contributed by atoms with E-state index in [4.69, 9.17) is 4.74 Å². The maximum Gasteiger partial charge on any atom is 0.361 e. The molecule has 0 unspecified atom stereocenters. The van der Waals surface area contributed by atoms with Crippen LogP contribution in [0, 0.1) is 5.82 Å². The second-order valence-corrected chi connectivity index (χ2v) is 5.70. The second kappa shape index (κ2) is 6.96. The quantitative estimate of drug-likeness (QED) is 0.856. The first-order chi connectivity index (χ1) is 11.6.